The van der Waals surface area contributed by atoms with Crippen LogP contribution in [0.5, 0.6) is 0 Å². The van der Waals surface area contributed by atoms with Gasteiger partial charge in [0.2, 0.25) is 0 Å². The van der Waals surface area contributed by atoms with Crippen LogP contribution in [-0.2, 0) is 26.2 Å². The smallest absolute Gasteiger partial charge is 0.317 e. The molecule has 0 unspecified atom stereocenters. The number of rotatable bonds is 5. The van der Waals surface area contributed by atoms with Gasteiger partial charge in [-0.1, -0.05) is 60.8 Å². The Hall–Kier alpha value is -2.33. The van der Waals surface area contributed by atoms with Crippen LogP contribution in [0, 0.1) is 0 Å². The third-order valence-corrected chi connectivity index (χ3v) is 6.54. The maximum Gasteiger partial charge on any atom is 0.317 e. The van der Waals surface area contributed by atoms with Crippen LogP contribution in [0.4, 0.5) is 0 Å². The summed E-state index contributed by atoms with van der Waals surface area (Å²) in [6, 6.07) is 15.6. The standard InChI is InChI=1S/C24H26ClNO3/c25-19-12-10-18(11-13-19)24(14-3-4-15-24)23(28)29-16-22(27)26-21-9-5-7-17-6-1-2-8-20(17)21/h1-2,6,8,10-13,21H,3-5,7,9,14-16H2,(H,26,27)/t21-/m0/s1. The molecule has 4 nitrogen and oxygen atoms in total. The molecular weight excluding hydrogens is 386 g/mol. The Kier molecular flexibility index (Phi) is 5.91. The van der Waals surface area contributed by atoms with E-state index in [1.165, 1.54) is 11.1 Å². The number of hydrogen-bond donors (Lipinski definition) is 1. The summed E-state index contributed by atoms with van der Waals surface area (Å²) in [4.78, 5) is 25.5. The summed E-state index contributed by atoms with van der Waals surface area (Å²) in [5.41, 5.74) is 2.72. The van der Waals surface area contributed by atoms with Crippen molar-refractivity contribution in [3.63, 3.8) is 0 Å². The Morgan fingerprint density at radius 1 is 1.03 bits per heavy atom. The Labute approximate surface area is 176 Å². The molecule has 2 aromatic carbocycles. The molecule has 0 aromatic heterocycles. The SMILES string of the molecule is O=C(COC(=O)C1(c2ccc(Cl)cc2)CCCC1)N[C@H]1CCCc2ccccc21. The molecule has 0 aliphatic heterocycles. The van der Waals surface area contributed by atoms with Crippen LogP contribution in [0.3, 0.4) is 0 Å². The van der Waals surface area contributed by atoms with Crippen molar-refractivity contribution in [2.45, 2.75) is 56.4 Å². The molecule has 1 atom stereocenters. The molecule has 1 fully saturated rings. The molecule has 0 bridgehead atoms. The zero-order valence-electron chi connectivity index (χ0n) is 16.5. The van der Waals surface area contributed by atoms with Gasteiger partial charge in [0.1, 0.15) is 0 Å². The van der Waals surface area contributed by atoms with Crippen molar-refractivity contribution < 1.29 is 14.3 Å². The number of ether oxygens (including phenoxy) is 1. The fraction of sp³-hybridized carbons (Fsp3) is 0.417. The third kappa shape index (κ3) is 4.18. The topological polar surface area (TPSA) is 55.4 Å². The average Bonchev–Trinajstić information content (AvgIpc) is 3.24. The summed E-state index contributed by atoms with van der Waals surface area (Å²) in [5, 5.41) is 3.69. The summed E-state index contributed by atoms with van der Waals surface area (Å²) in [5.74, 6) is -0.555. The molecule has 1 N–H and O–H groups in total. The second kappa shape index (κ2) is 8.58. The number of halogens is 1. The molecule has 152 valence electrons. The van der Waals surface area contributed by atoms with Gasteiger partial charge in [-0.25, -0.2) is 0 Å². The van der Waals surface area contributed by atoms with Crippen molar-refractivity contribution in [1.29, 1.82) is 0 Å². The monoisotopic (exact) mass is 411 g/mol. The third-order valence-electron chi connectivity index (χ3n) is 6.28. The van der Waals surface area contributed by atoms with Gasteiger partial charge in [-0.15, -0.1) is 0 Å². The molecule has 29 heavy (non-hydrogen) atoms. The van der Waals surface area contributed by atoms with Gasteiger partial charge in [0.05, 0.1) is 11.5 Å². The average molecular weight is 412 g/mol. The number of benzene rings is 2. The minimum atomic E-state index is -0.664. The quantitative estimate of drug-likeness (QED) is 0.712. The molecule has 0 saturated heterocycles. The predicted molar refractivity (Wildman–Crippen MR) is 113 cm³/mol. The number of amides is 1. The lowest BCUT2D eigenvalue weighted by Crippen LogP contribution is -2.39. The molecular formula is C24H26ClNO3. The first-order valence-electron chi connectivity index (χ1n) is 10.4. The van der Waals surface area contributed by atoms with Crippen molar-refractivity contribution in [3.8, 4) is 0 Å². The number of hydrogen-bond acceptors (Lipinski definition) is 3. The number of aryl methyl sites for hydroxylation is 1. The lowest BCUT2D eigenvalue weighted by molar-refractivity contribution is -0.154. The van der Waals surface area contributed by atoms with Crippen LogP contribution in [0.1, 0.15) is 61.3 Å². The molecule has 2 aliphatic rings. The predicted octanol–water partition coefficient (Wildman–Crippen LogP) is 4.89. The molecule has 0 radical (unpaired) electrons. The summed E-state index contributed by atoms with van der Waals surface area (Å²) in [6.45, 7) is -0.243. The van der Waals surface area contributed by atoms with Gasteiger partial charge < -0.3 is 10.1 Å². The Morgan fingerprint density at radius 2 is 1.76 bits per heavy atom. The Bertz CT molecular complexity index is 887. The first-order valence-corrected chi connectivity index (χ1v) is 10.8. The highest BCUT2D eigenvalue weighted by atomic mass is 35.5. The van der Waals surface area contributed by atoms with Crippen molar-refractivity contribution in [2.75, 3.05) is 6.61 Å². The van der Waals surface area contributed by atoms with E-state index in [1.54, 1.807) is 12.1 Å². The van der Waals surface area contributed by atoms with Crippen LogP contribution in [0.25, 0.3) is 0 Å². The summed E-state index contributed by atoms with van der Waals surface area (Å²) < 4.78 is 5.52. The maximum absolute atomic E-state index is 13.0. The summed E-state index contributed by atoms with van der Waals surface area (Å²) in [6.07, 6.45) is 6.43. The van der Waals surface area contributed by atoms with Crippen LogP contribution in [0.2, 0.25) is 5.02 Å². The highest BCUT2D eigenvalue weighted by molar-refractivity contribution is 6.30. The minimum Gasteiger partial charge on any atom is -0.455 e. The highest BCUT2D eigenvalue weighted by Crippen LogP contribution is 2.42. The van der Waals surface area contributed by atoms with Crippen molar-refractivity contribution >= 4 is 23.5 Å². The number of carbonyl (C=O) groups is 2. The zero-order valence-corrected chi connectivity index (χ0v) is 17.2. The minimum absolute atomic E-state index is 0.0112. The number of nitrogens with one attached hydrogen (secondary N) is 1. The van der Waals surface area contributed by atoms with Crippen molar-refractivity contribution in [1.82, 2.24) is 5.32 Å². The van der Waals surface area contributed by atoms with E-state index in [4.69, 9.17) is 16.3 Å². The van der Waals surface area contributed by atoms with Gasteiger partial charge in [0.25, 0.3) is 5.91 Å². The van der Waals surface area contributed by atoms with E-state index in [0.717, 1.165) is 50.5 Å². The van der Waals surface area contributed by atoms with E-state index in [9.17, 15) is 9.59 Å². The first kappa shape index (κ1) is 20.0. The first-order chi connectivity index (χ1) is 14.1. The second-order valence-electron chi connectivity index (χ2n) is 8.08. The number of esters is 1. The van der Waals surface area contributed by atoms with E-state index < -0.39 is 5.41 Å². The van der Waals surface area contributed by atoms with Gasteiger partial charge in [-0.05, 0) is 60.9 Å². The van der Waals surface area contributed by atoms with E-state index in [1.807, 2.05) is 24.3 Å². The van der Waals surface area contributed by atoms with E-state index in [0.29, 0.717) is 5.02 Å². The van der Waals surface area contributed by atoms with Crippen LogP contribution in [0.15, 0.2) is 48.5 Å². The molecule has 1 saturated carbocycles. The number of carbonyl (C=O) groups excluding carboxylic acids is 2. The van der Waals surface area contributed by atoms with Gasteiger partial charge in [-0.2, -0.15) is 0 Å². The Morgan fingerprint density at radius 3 is 2.52 bits per heavy atom. The zero-order chi connectivity index (χ0) is 20.3. The summed E-state index contributed by atoms with van der Waals surface area (Å²) >= 11 is 6.01. The van der Waals surface area contributed by atoms with E-state index in [-0.39, 0.29) is 24.5 Å². The van der Waals surface area contributed by atoms with Gasteiger partial charge in [-0.3, -0.25) is 9.59 Å². The highest BCUT2D eigenvalue weighted by Gasteiger charge is 2.44. The van der Waals surface area contributed by atoms with Gasteiger partial charge in [0, 0.05) is 5.02 Å². The molecule has 2 aliphatic carbocycles. The van der Waals surface area contributed by atoms with Crippen molar-refractivity contribution in [3.05, 3.63) is 70.2 Å². The fourth-order valence-electron chi connectivity index (χ4n) is 4.77. The van der Waals surface area contributed by atoms with Gasteiger partial charge >= 0.3 is 5.97 Å². The van der Waals surface area contributed by atoms with Gasteiger partial charge in [0.15, 0.2) is 6.61 Å². The van der Waals surface area contributed by atoms with Crippen LogP contribution < -0.4 is 5.32 Å². The Balaban J connectivity index is 1.40. The molecule has 0 spiro atoms. The number of fused-ring (bicyclic) bond motifs is 1. The van der Waals surface area contributed by atoms with E-state index >= 15 is 0 Å². The molecule has 0 heterocycles. The van der Waals surface area contributed by atoms with Crippen molar-refractivity contribution in [2.24, 2.45) is 0 Å². The lowest BCUT2D eigenvalue weighted by Gasteiger charge is -2.28. The lowest BCUT2D eigenvalue weighted by atomic mass is 9.79. The molecule has 5 heteroatoms. The second-order valence-corrected chi connectivity index (χ2v) is 8.52. The molecule has 2 aromatic rings. The summed E-state index contributed by atoms with van der Waals surface area (Å²) in [7, 11) is 0. The normalized spacial score (nSPS) is 20.0. The fourth-order valence-corrected chi connectivity index (χ4v) is 4.89. The largest absolute Gasteiger partial charge is 0.455 e. The molecule has 1 amide bonds. The van der Waals surface area contributed by atoms with Crippen LogP contribution >= 0.6 is 11.6 Å². The van der Waals surface area contributed by atoms with E-state index in [2.05, 4.69) is 17.4 Å². The maximum atomic E-state index is 13.0. The van der Waals surface area contributed by atoms with Crippen LogP contribution in [-0.4, -0.2) is 18.5 Å². The molecule has 4 rings (SSSR count).